The van der Waals surface area contributed by atoms with Gasteiger partial charge in [-0.3, -0.25) is 73.1 Å². The van der Waals surface area contributed by atoms with Crippen LogP contribution in [0.25, 0.3) is 0 Å². The van der Waals surface area contributed by atoms with E-state index < -0.39 is 94.9 Å². The average molecular weight is 1550 g/mol. The van der Waals surface area contributed by atoms with Crippen LogP contribution in [0.3, 0.4) is 0 Å². The Bertz CT molecular complexity index is 4960. The van der Waals surface area contributed by atoms with E-state index in [2.05, 4.69) is 84.1 Å². The van der Waals surface area contributed by atoms with E-state index in [1.54, 1.807) is 68.8 Å². The molecule has 8 aromatic rings. The summed E-state index contributed by atoms with van der Waals surface area (Å²) in [5, 5.41) is 49.8. The van der Waals surface area contributed by atoms with Crippen LogP contribution in [0.5, 0.6) is 0 Å². The van der Waals surface area contributed by atoms with Gasteiger partial charge in [0.1, 0.15) is 46.6 Å². The summed E-state index contributed by atoms with van der Waals surface area (Å²) in [5.74, 6) is -7.89. The van der Waals surface area contributed by atoms with Crippen molar-refractivity contribution < 1.29 is 62.3 Å². The minimum absolute atomic E-state index is 0.0182. The van der Waals surface area contributed by atoms with Gasteiger partial charge >= 0.3 is 0 Å². The van der Waals surface area contributed by atoms with Gasteiger partial charge < -0.3 is 128 Å². The maximum absolute atomic E-state index is 14.1. The maximum Gasteiger partial charge on any atom is 0.292 e. The standard InChI is InChI=1S/C69H90N30O13/c1-91-24-22-75-55(91)64(109)90-51-36-98(8)57(89-51)66(111)84-41-29-48(95(5)34-41)62(107)80-37-25-45(92(2)30-37)58(103)76-18-11-16-52(100)87-50-35-97(7)56(88-50)65(110)83-40-28-49(96(6)33-40)63(108)82-39-27-47(94(4)32-39)61(106)81-38-26-46(93(3)31-38)59(104)77-21-17-53(101)85-43(14-10-20-79-69(73)74)67(112)99-23-12-15-44(99)60(105)86-42(54(70)102)13-9-19-78-68(71)72/h22,24-36,42-44H,9-21,23H2,1-8H3,(H2,70,102)(H,76,103)(H,77,104)(H,80,107)(H,81,106)(H,82,108)(H,83,110)(H,84,111)(H,85,101)(H,86,105)(H,87,100)(H,90,109)(H4,71,72,78)(H4,73,74,79). The van der Waals surface area contributed by atoms with Gasteiger partial charge in [-0.25, -0.2) is 15.0 Å². The summed E-state index contributed by atoms with van der Waals surface area (Å²) in [4.78, 5) is 187. The predicted octanol–water partition coefficient (Wildman–Crippen LogP) is -0.666. The lowest BCUT2D eigenvalue weighted by Gasteiger charge is -2.29. The van der Waals surface area contributed by atoms with Crippen LogP contribution in [0.2, 0.25) is 0 Å². The number of imidazole rings is 3. The largest absolute Gasteiger partial charge is 0.370 e. The number of rotatable bonds is 35. The molecule has 3 atom stereocenters. The number of aromatic nitrogens is 11. The van der Waals surface area contributed by atoms with Gasteiger partial charge in [0, 0.05) is 158 Å². The lowest BCUT2D eigenvalue weighted by molar-refractivity contribution is -0.142. The van der Waals surface area contributed by atoms with Crippen LogP contribution in [0.15, 0.2) is 86.1 Å². The van der Waals surface area contributed by atoms with Crippen molar-refractivity contribution in [2.24, 2.45) is 73.6 Å². The predicted molar refractivity (Wildman–Crippen MR) is 408 cm³/mol. The number of guanidine groups is 2. The van der Waals surface area contributed by atoms with Crippen LogP contribution in [-0.4, -0.2) is 196 Å². The molecule has 1 saturated heterocycles. The third-order valence-electron chi connectivity index (χ3n) is 17.8. The van der Waals surface area contributed by atoms with Crippen LogP contribution in [0, 0.1) is 10.8 Å². The van der Waals surface area contributed by atoms with Gasteiger partial charge in [-0.15, -0.1) is 0 Å². The molecule has 43 heteroatoms. The summed E-state index contributed by atoms with van der Waals surface area (Å²) in [6.45, 7) is 0.572. The molecule has 594 valence electrons. The zero-order valence-electron chi connectivity index (χ0n) is 62.6. The number of anilines is 7. The zero-order valence-corrected chi connectivity index (χ0v) is 62.6. The molecule has 1 aliphatic heterocycles. The Morgan fingerprint density at radius 2 is 0.830 bits per heavy atom. The van der Waals surface area contributed by atoms with Crippen molar-refractivity contribution in [1.82, 2.24) is 88.3 Å². The molecule has 0 aliphatic carbocycles. The van der Waals surface area contributed by atoms with Crippen molar-refractivity contribution >= 4 is 129 Å². The second-order valence-electron chi connectivity index (χ2n) is 26.5. The van der Waals surface area contributed by atoms with Crippen LogP contribution in [0.4, 0.5) is 40.1 Å². The van der Waals surface area contributed by atoms with Crippen molar-refractivity contribution in [3.63, 3.8) is 0 Å². The lowest BCUT2D eigenvalue weighted by atomic mass is 10.1. The molecule has 0 bridgehead atoms. The third kappa shape index (κ3) is 21.3. The normalized spacial score (nSPS) is 12.9. The smallest absolute Gasteiger partial charge is 0.292 e. The molecular formula is C69H90N30O13. The van der Waals surface area contributed by atoms with Gasteiger partial charge in [-0.2, -0.15) is 0 Å². The molecular weight excluding hydrogens is 1460 g/mol. The SMILES string of the molecule is Cn1cc(NC(=O)c2cc(NC(=O)c3nc(NC(=O)c4nccn4C)cn3C)cn2C)cc1C(=O)NCCCC(=O)Nc1cn(C)c(C(=O)Nc2cc(C(=O)Nc3cc(C(=O)Nc4cc(C(=O)NCCC(=O)NC(CCCNC(=N)N)C(=O)N5CCCC5C(=O)NC(CCCNC(=N)N)C(N)=O)n(C)c4)n(C)c3)n(C)c2)n1. The molecule has 0 spiro atoms. The zero-order chi connectivity index (χ0) is 81.4. The van der Waals surface area contributed by atoms with Gasteiger partial charge in [0.15, 0.2) is 29.4 Å². The van der Waals surface area contributed by atoms with Gasteiger partial charge in [0.05, 0.1) is 28.4 Å². The second kappa shape index (κ2) is 36.5. The number of likely N-dealkylation sites (tertiary alicyclic amines) is 1. The summed E-state index contributed by atoms with van der Waals surface area (Å²) in [6.07, 6.45) is 15.1. The van der Waals surface area contributed by atoms with E-state index in [0.29, 0.717) is 18.5 Å². The van der Waals surface area contributed by atoms with E-state index in [0.717, 1.165) is 0 Å². The van der Waals surface area contributed by atoms with Crippen molar-refractivity contribution in [3.8, 4) is 0 Å². The molecule has 9 heterocycles. The average Bonchev–Trinajstić information content (AvgIpc) is 1.67. The molecule has 8 aromatic heterocycles. The summed E-state index contributed by atoms with van der Waals surface area (Å²) >= 11 is 0. The van der Waals surface area contributed by atoms with Gasteiger partial charge in [-0.05, 0) is 75.3 Å². The van der Waals surface area contributed by atoms with Crippen molar-refractivity contribution in [1.29, 1.82) is 10.8 Å². The fraction of sp³-hybridized carbons (Fsp3) is 0.362. The molecule has 9 rings (SSSR count). The number of primary amides is 1. The molecule has 21 N–H and O–H groups in total. The highest BCUT2D eigenvalue weighted by atomic mass is 16.2. The van der Waals surface area contributed by atoms with E-state index in [4.69, 9.17) is 28.0 Å². The molecule has 1 aliphatic rings. The van der Waals surface area contributed by atoms with Crippen LogP contribution in [0.1, 0.15) is 142 Å². The van der Waals surface area contributed by atoms with E-state index in [-0.39, 0.29) is 170 Å². The topological polar surface area (TPSA) is 585 Å². The molecule has 0 aromatic carbocycles. The summed E-state index contributed by atoms with van der Waals surface area (Å²) in [5.41, 5.74) is 18.4. The fourth-order valence-electron chi connectivity index (χ4n) is 12.3. The summed E-state index contributed by atoms with van der Waals surface area (Å²) in [7, 11) is 12.8. The number of amides is 13. The highest BCUT2D eigenvalue weighted by molar-refractivity contribution is 6.10. The number of hydrogen-bond acceptors (Lipinski definition) is 18. The Balaban J connectivity index is 0.687. The maximum atomic E-state index is 14.1. The number of carbonyl (C=O) groups excluding carboxylic acids is 13. The van der Waals surface area contributed by atoms with E-state index in [9.17, 15) is 62.3 Å². The highest BCUT2D eigenvalue weighted by Gasteiger charge is 2.39. The van der Waals surface area contributed by atoms with Crippen molar-refractivity contribution in [2.75, 3.05) is 69.9 Å². The van der Waals surface area contributed by atoms with Crippen molar-refractivity contribution in [2.45, 2.75) is 75.9 Å². The van der Waals surface area contributed by atoms with Crippen LogP contribution in [-0.2, 0) is 80.4 Å². The highest BCUT2D eigenvalue weighted by Crippen LogP contribution is 2.25. The Hall–Kier alpha value is -14.3. The quantitative estimate of drug-likeness (QED) is 0.0133. The van der Waals surface area contributed by atoms with E-state index in [1.807, 2.05) is 0 Å². The molecule has 112 heavy (non-hydrogen) atoms. The number of carbonyl (C=O) groups is 13. The Morgan fingerprint density at radius 3 is 1.26 bits per heavy atom. The molecule has 0 radical (unpaired) electrons. The third-order valence-corrected chi connectivity index (χ3v) is 17.8. The minimum Gasteiger partial charge on any atom is -0.370 e. The monoisotopic (exact) mass is 1550 g/mol. The number of nitrogens with two attached hydrogens (primary N) is 3. The van der Waals surface area contributed by atoms with Crippen LogP contribution < -0.4 is 86.3 Å². The van der Waals surface area contributed by atoms with Gasteiger partial charge in [0.25, 0.3) is 47.3 Å². The first-order valence-electron chi connectivity index (χ1n) is 35.2. The second-order valence-corrected chi connectivity index (χ2v) is 26.5. The number of nitrogens with zero attached hydrogens (tertiary/aromatic N) is 12. The Labute approximate surface area is 639 Å². The lowest BCUT2D eigenvalue weighted by Crippen LogP contribution is -2.56. The van der Waals surface area contributed by atoms with E-state index in [1.165, 1.54) is 115 Å². The molecule has 1 fully saturated rings. The number of aryl methyl sites for hydroxylation is 8. The summed E-state index contributed by atoms with van der Waals surface area (Å²) < 4.78 is 11.8. The first kappa shape index (κ1) is 81.8. The first-order valence-corrected chi connectivity index (χ1v) is 35.2. The van der Waals surface area contributed by atoms with Gasteiger partial charge in [-0.1, -0.05) is 0 Å². The van der Waals surface area contributed by atoms with Crippen LogP contribution >= 0.6 is 0 Å². The van der Waals surface area contributed by atoms with Gasteiger partial charge in [0.2, 0.25) is 41.2 Å². The Kier molecular flexibility index (Phi) is 26.7. The van der Waals surface area contributed by atoms with E-state index >= 15 is 0 Å². The molecule has 13 amide bonds. The molecule has 43 nitrogen and oxygen atoms in total. The van der Waals surface area contributed by atoms with Crippen molar-refractivity contribution in [3.05, 3.63) is 132 Å². The number of hydrogen-bond donors (Lipinski definition) is 18. The minimum atomic E-state index is -1.12. The molecule has 0 saturated carbocycles. The number of nitrogens with one attached hydrogen (secondary N) is 15. The Morgan fingerprint density at radius 1 is 0.429 bits per heavy atom. The summed E-state index contributed by atoms with van der Waals surface area (Å²) in [6, 6.07) is 4.06. The fourth-order valence-corrected chi connectivity index (χ4v) is 12.3. The molecule has 3 unspecified atom stereocenters. The first-order chi connectivity index (χ1) is 53.2.